The molecule has 2 nitrogen and oxygen atoms in total. The maximum absolute atomic E-state index is 5.65. The van der Waals surface area contributed by atoms with Gasteiger partial charge in [0, 0.05) is 11.6 Å². The largest absolute Gasteiger partial charge is 0.377 e. The van der Waals surface area contributed by atoms with E-state index < -0.39 is 0 Å². The smallest absolute Gasteiger partial charge is 0.0625 e. The van der Waals surface area contributed by atoms with E-state index in [-0.39, 0.29) is 0 Å². The van der Waals surface area contributed by atoms with E-state index >= 15 is 0 Å². The Kier molecular flexibility index (Phi) is 3.36. The van der Waals surface area contributed by atoms with Crippen molar-refractivity contribution in [2.75, 3.05) is 13.7 Å². The van der Waals surface area contributed by atoms with Crippen molar-refractivity contribution < 1.29 is 4.74 Å². The fraction of sp³-hybridized carbons (Fsp3) is 1.00. The van der Waals surface area contributed by atoms with Crippen molar-refractivity contribution in [2.45, 2.75) is 58.2 Å². The first-order valence-corrected chi connectivity index (χ1v) is 5.28. The first-order valence-electron chi connectivity index (χ1n) is 5.28. The molecular weight excluding hydrogens is 162 g/mol. The average Bonchev–Trinajstić information content (AvgIpc) is 2.25. The Bertz CT molecular complexity index is 165. The van der Waals surface area contributed by atoms with Gasteiger partial charge in [-0.15, -0.1) is 0 Å². The molecule has 1 fully saturated rings. The van der Waals surface area contributed by atoms with E-state index in [4.69, 9.17) is 4.74 Å². The predicted molar refractivity (Wildman–Crippen MR) is 56.0 cm³/mol. The molecule has 1 aliphatic heterocycles. The first kappa shape index (κ1) is 11.0. The van der Waals surface area contributed by atoms with Crippen LogP contribution in [0.15, 0.2) is 0 Å². The van der Waals surface area contributed by atoms with Crippen molar-refractivity contribution in [3.63, 3.8) is 0 Å². The van der Waals surface area contributed by atoms with E-state index in [1.165, 1.54) is 12.8 Å². The lowest BCUT2D eigenvalue weighted by molar-refractivity contribution is 0.0278. The summed E-state index contributed by atoms with van der Waals surface area (Å²) in [6.07, 6.45) is 2.92. The van der Waals surface area contributed by atoms with Crippen LogP contribution in [0.4, 0.5) is 0 Å². The second kappa shape index (κ2) is 3.97. The molecule has 0 aromatic rings. The van der Waals surface area contributed by atoms with Crippen LogP contribution in [-0.4, -0.2) is 36.2 Å². The minimum Gasteiger partial charge on any atom is -0.377 e. The molecular formula is C11H23NO. The maximum atomic E-state index is 5.65. The topological polar surface area (TPSA) is 12.5 Å². The Hall–Kier alpha value is -0.0800. The molecule has 0 aromatic carbocycles. The summed E-state index contributed by atoms with van der Waals surface area (Å²) < 4.78 is 5.65. The zero-order valence-corrected chi connectivity index (χ0v) is 9.63. The van der Waals surface area contributed by atoms with Crippen molar-refractivity contribution in [1.29, 1.82) is 0 Å². The maximum Gasteiger partial charge on any atom is 0.0625 e. The number of likely N-dealkylation sites (N-methyl/N-ethyl adjacent to an activating group) is 1. The Morgan fingerprint density at radius 1 is 1.46 bits per heavy atom. The lowest BCUT2D eigenvalue weighted by Crippen LogP contribution is -2.41. The number of likely N-dealkylation sites (tertiary alicyclic amines) is 1. The fourth-order valence-electron chi connectivity index (χ4n) is 1.88. The van der Waals surface area contributed by atoms with Gasteiger partial charge in [-0.3, -0.25) is 4.90 Å². The van der Waals surface area contributed by atoms with Gasteiger partial charge >= 0.3 is 0 Å². The molecule has 0 N–H and O–H groups in total. The Labute approximate surface area is 82.3 Å². The Balaban J connectivity index is 2.37. The summed E-state index contributed by atoms with van der Waals surface area (Å²) in [6.45, 7) is 9.70. The minimum absolute atomic E-state index is 0.358. The van der Waals surface area contributed by atoms with E-state index in [9.17, 15) is 0 Å². The number of rotatable bonds is 3. The summed E-state index contributed by atoms with van der Waals surface area (Å²) in [7, 11) is 2.21. The number of ether oxygens (including phenoxy) is 1. The SMILES string of the molecule is CC(C)OC[C@@H]1CCC(C)(C)N1C. The molecule has 1 atom stereocenters. The Morgan fingerprint density at radius 3 is 2.46 bits per heavy atom. The molecule has 13 heavy (non-hydrogen) atoms. The molecule has 0 aliphatic carbocycles. The zero-order valence-electron chi connectivity index (χ0n) is 9.63. The van der Waals surface area contributed by atoms with E-state index in [0.717, 1.165) is 6.61 Å². The molecule has 78 valence electrons. The molecule has 1 saturated heterocycles. The van der Waals surface area contributed by atoms with Gasteiger partial charge in [-0.2, -0.15) is 0 Å². The van der Waals surface area contributed by atoms with E-state index in [0.29, 0.717) is 17.7 Å². The molecule has 2 heteroatoms. The summed E-state index contributed by atoms with van der Waals surface area (Å²) in [5.41, 5.74) is 0.366. The van der Waals surface area contributed by atoms with Crippen LogP contribution in [0.25, 0.3) is 0 Å². The van der Waals surface area contributed by atoms with Gasteiger partial charge in [0.2, 0.25) is 0 Å². The van der Waals surface area contributed by atoms with Gasteiger partial charge in [-0.25, -0.2) is 0 Å². The van der Waals surface area contributed by atoms with Crippen molar-refractivity contribution in [3.8, 4) is 0 Å². The summed E-state index contributed by atoms with van der Waals surface area (Å²) in [5.74, 6) is 0. The van der Waals surface area contributed by atoms with Crippen LogP contribution in [0.5, 0.6) is 0 Å². The van der Waals surface area contributed by atoms with Crippen molar-refractivity contribution >= 4 is 0 Å². The third kappa shape index (κ3) is 2.68. The van der Waals surface area contributed by atoms with Gasteiger partial charge in [0.15, 0.2) is 0 Å². The fourth-order valence-corrected chi connectivity index (χ4v) is 1.88. The quantitative estimate of drug-likeness (QED) is 0.669. The average molecular weight is 185 g/mol. The van der Waals surface area contributed by atoms with Crippen molar-refractivity contribution in [2.24, 2.45) is 0 Å². The molecule has 0 bridgehead atoms. The number of nitrogens with zero attached hydrogens (tertiary/aromatic N) is 1. The van der Waals surface area contributed by atoms with E-state index in [1.807, 2.05) is 0 Å². The van der Waals surface area contributed by atoms with Gasteiger partial charge in [0.25, 0.3) is 0 Å². The van der Waals surface area contributed by atoms with Crippen LogP contribution in [-0.2, 0) is 4.74 Å². The number of hydrogen-bond donors (Lipinski definition) is 0. The molecule has 1 aliphatic rings. The minimum atomic E-state index is 0.358. The summed E-state index contributed by atoms with van der Waals surface area (Å²) in [4.78, 5) is 2.45. The van der Waals surface area contributed by atoms with Crippen LogP contribution in [0, 0.1) is 0 Å². The second-order valence-electron chi connectivity index (χ2n) is 5.00. The van der Waals surface area contributed by atoms with Crippen molar-refractivity contribution in [3.05, 3.63) is 0 Å². The summed E-state index contributed by atoms with van der Waals surface area (Å²) in [6, 6.07) is 0.623. The molecule has 0 saturated carbocycles. The van der Waals surface area contributed by atoms with Crippen molar-refractivity contribution in [1.82, 2.24) is 4.90 Å². The molecule has 0 radical (unpaired) electrons. The van der Waals surface area contributed by atoms with Crippen LogP contribution in [0.3, 0.4) is 0 Å². The highest BCUT2D eigenvalue weighted by atomic mass is 16.5. The molecule has 1 rings (SSSR count). The van der Waals surface area contributed by atoms with Gasteiger partial charge in [-0.05, 0) is 47.6 Å². The lowest BCUT2D eigenvalue weighted by atomic mass is 10.0. The highest BCUT2D eigenvalue weighted by Crippen LogP contribution is 2.31. The van der Waals surface area contributed by atoms with Crippen LogP contribution >= 0.6 is 0 Å². The lowest BCUT2D eigenvalue weighted by Gasteiger charge is -2.32. The summed E-state index contributed by atoms with van der Waals surface area (Å²) in [5, 5.41) is 0. The highest BCUT2D eigenvalue weighted by Gasteiger charge is 2.36. The highest BCUT2D eigenvalue weighted by molar-refractivity contribution is 4.92. The van der Waals surface area contributed by atoms with Gasteiger partial charge in [0.05, 0.1) is 12.7 Å². The molecule has 0 spiro atoms. The number of hydrogen-bond acceptors (Lipinski definition) is 2. The van der Waals surface area contributed by atoms with Crippen LogP contribution in [0.2, 0.25) is 0 Å². The van der Waals surface area contributed by atoms with E-state index in [1.54, 1.807) is 0 Å². The van der Waals surface area contributed by atoms with Gasteiger partial charge < -0.3 is 4.74 Å². The molecule has 0 amide bonds. The third-order valence-corrected chi connectivity index (χ3v) is 3.21. The summed E-state index contributed by atoms with van der Waals surface area (Å²) >= 11 is 0. The van der Waals surface area contributed by atoms with Gasteiger partial charge in [-0.1, -0.05) is 0 Å². The normalized spacial score (nSPS) is 28.6. The zero-order chi connectivity index (χ0) is 10.1. The van der Waals surface area contributed by atoms with Gasteiger partial charge in [0.1, 0.15) is 0 Å². The standard InChI is InChI=1S/C11H23NO/c1-9(2)13-8-10-6-7-11(3,4)12(10)5/h9-10H,6-8H2,1-5H3/t10-/m0/s1. The third-order valence-electron chi connectivity index (χ3n) is 3.21. The second-order valence-corrected chi connectivity index (χ2v) is 5.00. The monoisotopic (exact) mass is 185 g/mol. The van der Waals surface area contributed by atoms with Crippen LogP contribution < -0.4 is 0 Å². The molecule has 0 unspecified atom stereocenters. The Morgan fingerprint density at radius 2 is 2.08 bits per heavy atom. The predicted octanol–water partition coefficient (Wildman–Crippen LogP) is 2.28. The molecule has 0 aromatic heterocycles. The molecule has 1 heterocycles. The van der Waals surface area contributed by atoms with Crippen LogP contribution in [0.1, 0.15) is 40.5 Å². The first-order chi connectivity index (χ1) is 5.93. The van der Waals surface area contributed by atoms with E-state index in [2.05, 4.69) is 39.6 Å².